The van der Waals surface area contributed by atoms with E-state index >= 15 is 0 Å². The summed E-state index contributed by atoms with van der Waals surface area (Å²) >= 11 is 0. The predicted octanol–water partition coefficient (Wildman–Crippen LogP) is 2.68. The van der Waals surface area contributed by atoms with Gasteiger partial charge in [0.05, 0.1) is 11.3 Å². The Balaban J connectivity index is 1.69. The average Bonchev–Trinajstić information content (AvgIpc) is 2.57. The average molecular weight is 329 g/mol. The molecule has 0 bridgehead atoms. The molecule has 0 atom stereocenters. The van der Waals surface area contributed by atoms with Gasteiger partial charge in [-0.2, -0.15) is 0 Å². The van der Waals surface area contributed by atoms with Crippen molar-refractivity contribution in [2.45, 2.75) is 25.9 Å². The third-order valence-electron chi connectivity index (χ3n) is 4.28. The van der Waals surface area contributed by atoms with Crippen molar-refractivity contribution in [2.75, 3.05) is 18.0 Å². The Hall–Kier alpha value is -2.63. The van der Waals surface area contributed by atoms with Gasteiger partial charge in [-0.1, -0.05) is 6.07 Å². The van der Waals surface area contributed by atoms with E-state index in [9.17, 15) is 9.18 Å². The number of benzene rings is 1. The topological polar surface area (TPSA) is 68.4 Å². The molecular weight excluding hydrogens is 309 g/mol. The van der Waals surface area contributed by atoms with E-state index in [4.69, 9.17) is 10.5 Å². The molecule has 1 amide bonds. The van der Waals surface area contributed by atoms with Crippen LogP contribution in [0.15, 0.2) is 36.7 Å². The van der Waals surface area contributed by atoms with Gasteiger partial charge in [-0.25, -0.2) is 4.39 Å². The standard InChI is InChI=1S/C18H20FN3O2/c1-12-11-21-8-5-16(12)24-13-6-9-22(10-7-13)15-4-2-3-14(19)17(15)18(20)23/h2-5,8,11,13H,6-7,9-10H2,1H3,(H2,20,23). The maximum absolute atomic E-state index is 13.9. The summed E-state index contributed by atoms with van der Waals surface area (Å²) in [7, 11) is 0. The summed E-state index contributed by atoms with van der Waals surface area (Å²) < 4.78 is 19.9. The highest BCUT2D eigenvalue weighted by Crippen LogP contribution is 2.28. The van der Waals surface area contributed by atoms with E-state index < -0.39 is 11.7 Å². The fourth-order valence-corrected chi connectivity index (χ4v) is 3.01. The molecule has 0 radical (unpaired) electrons. The molecule has 0 saturated carbocycles. The smallest absolute Gasteiger partial charge is 0.253 e. The van der Waals surface area contributed by atoms with E-state index in [-0.39, 0.29) is 11.7 Å². The number of hydrogen-bond donors (Lipinski definition) is 1. The molecule has 1 aromatic carbocycles. The highest BCUT2D eigenvalue weighted by Gasteiger charge is 2.25. The first-order valence-corrected chi connectivity index (χ1v) is 7.97. The largest absolute Gasteiger partial charge is 0.490 e. The van der Waals surface area contributed by atoms with Gasteiger partial charge in [-0.15, -0.1) is 0 Å². The second kappa shape index (κ2) is 6.86. The van der Waals surface area contributed by atoms with Gasteiger partial charge in [0.25, 0.3) is 5.91 Å². The third kappa shape index (κ3) is 3.32. The number of pyridine rings is 1. The second-order valence-electron chi connectivity index (χ2n) is 5.94. The van der Waals surface area contributed by atoms with E-state index in [0.717, 1.165) is 24.2 Å². The minimum absolute atomic E-state index is 0.0400. The molecule has 3 rings (SSSR count). The SMILES string of the molecule is Cc1cnccc1OC1CCN(c2cccc(F)c2C(N)=O)CC1. The summed E-state index contributed by atoms with van der Waals surface area (Å²) in [4.78, 5) is 17.6. The summed E-state index contributed by atoms with van der Waals surface area (Å²) in [6, 6.07) is 6.45. The number of amides is 1. The fourth-order valence-electron chi connectivity index (χ4n) is 3.01. The monoisotopic (exact) mass is 329 g/mol. The summed E-state index contributed by atoms with van der Waals surface area (Å²) in [5, 5.41) is 0. The first-order chi connectivity index (χ1) is 11.6. The van der Waals surface area contributed by atoms with Crippen LogP contribution in [0.3, 0.4) is 0 Å². The number of halogens is 1. The molecule has 0 aliphatic carbocycles. The molecule has 0 spiro atoms. The molecule has 5 nitrogen and oxygen atoms in total. The predicted molar refractivity (Wildman–Crippen MR) is 89.8 cm³/mol. The number of aryl methyl sites for hydroxylation is 1. The Morgan fingerprint density at radius 3 is 2.75 bits per heavy atom. The van der Waals surface area contributed by atoms with Crippen LogP contribution in [0.1, 0.15) is 28.8 Å². The van der Waals surface area contributed by atoms with Crippen LogP contribution < -0.4 is 15.4 Å². The van der Waals surface area contributed by atoms with Crippen LogP contribution >= 0.6 is 0 Å². The molecule has 6 heteroatoms. The number of carbonyl (C=O) groups excluding carboxylic acids is 1. The molecule has 2 N–H and O–H groups in total. The Kier molecular flexibility index (Phi) is 4.64. The molecule has 126 valence electrons. The van der Waals surface area contributed by atoms with Crippen molar-refractivity contribution in [3.63, 3.8) is 0 Å². The zero-order chi connectivity index (χ0) is 17.1. The lowest BCUT2D eigenvalue weighted by atomic mass is 10.0. The molecule has 2 heterocycles. The zero-order valence-corrected chi connectivity index (χ0v) is 13.5. The summed E-state index contributed by atoms with van der Waals surface area (Å²) in [6.07, 6.45) is 5.15. The Morgan fingerprint density at radius 1 is 1.33 bits per heavy atom. The number of ether oxygens (including phenoxy) is 1. The van der Waals surface area contributed by atoms with Crippen molar-refractivity contribution in [2.24, 2.45) is 5.73 Å². The number of nitrogens with two attached hydrogens (primary N) is 1. The lowest BCUT2D eigenvalue weighted by Gasteiger charge is -2.34. The minimum atomic E-state index is -0.742. The minimum Gasteiger partial charge on any atom is -0.490 e. The van der Waals surface area contributed by atoms with Crippen molar-refractivity contribution in [1.29, 1.82) is 0 Å². The van der Waals surface area contributed by atoms with Crippen molar-refractivity contribution in [1.82, 2.24) is 4.98 Å². The number of aromatic nitrogens is 1. The van der Waals surface area contributed by atoms with Gasteiger partial charge in [0.1, 0.15) is 17.7 Å². The van der Waals surface area contributed by atoms with Crippen LogP contribution in [0.4, 0.5) is 10.1 Å². The summed E-state index contributed by atoms with van der Waals surface area (Å²) in [5.74, 6) is -0.480. The quantitative estimate of drug-likeness (QED) is 0.936. The van der Waals surface area contributed by atoms with Crippen LogP contribution in [0.2, 0.25) is 0 Å². The molecular formula is C18H20FN3O2. The zero-order valence-electron chi connectivity index (χ0n) is 13.5. The molecule has 1 aliphatic heterocycles. The van der Waals surface area contributed by atoms with E-state index in [1.54, 1.807) is 24.5 Å². The van der Waals surface area contributed by atoms with Gasteiger partial charge < -0.3 is 15.4 Å². The Morgan fingerprint density at radius 2 is 2.08 bits per heavy atom. The number of primary amides is 1. The van der Waals surface area contributed by atoms with Crippen LogP contribution in [0.5, 0.6) is 5.75 Å². The maximum Gasteiger partial charge on any atom is 0.253 e. The first-order valence-electron chi connectivity index (χ1n) is 7.97. The molecule has 1 aliphatic rings. The number of rotatable bonds is 4. The molecule has 24 heavy (non-hydrogen) atoms. The molecule has 1 saturated heterocycles. The van der Waals surface area contributed by atoms with Crippen molar-refractivity contribution in [3.8, 4) is 5.75 Å². The molecule has 1 fully saturated rings. The van der Waals surface area contributed by atoms with Crippen molar-refractivity contribution >= 4 is 11.6 Å². The first kappa shape index (κ1) is 16.2. The molecule has 0 unspecified atom stereocenters. The molecule has 1 aromatic heterocycles. The van der Waals surface area contributed by atoms with Crippen molar-refractivity contribution < 1.29 is 13.9 Å². The normalized spacial score (nSPS) is 15.3. The van der Waals surface area contributed by atoms with Crippen LogP contribution in [0, 0.1) is 12.7 Å². The van der Waals surface area contributed by atoms with Gasteiger partial charge in [-0.3, -0.25) is 9.78 Å². The van der Waals surface area contributed by atoms with Gasteiger partial charge in [0, 0.05) is 43.9 Å². The van der Waals surface area contributed by atoms with Gasteiger partial charge in [0.15, 0.2) is 0 Å². The van der Waals surface area contributed by atoms with E-state index in [1.165, 1.54) is 6.07 Å². The lowest BCUT2D eigenvalue weighted by molar-refractivity contribution is 0.0997. The van der Waals surface area contributed by atoms with Gasteiger partial charge in [-0.05, 0) is 25.1 Å². The van der Waals surface area contributed by atoms with E-state index in [1.807, 2.05) is 17.9 Å². The molecule has 2 aromatic rings. The van der Waals surface area contributed by atoms with Crippen LogP contribution in [-0.4, -0.2) is 30.1 Å². The van der Waals surface area contributed by atoms with Crippen LogP contribution in [-0.2, 0) is 0 Å². The van der Waals surface area contributed by atoms with Crippen molar-refractivity contribution in [3.05, 3.63) is 53.6 Å². The Bertz CT molecular complexity index is 743. The second-order valence-corrected chi connectivity index (χ2v) is 5.94. The highest BCUT2D eigenvalue weighted by atomic mass is 19.1. The maximum atomic E-state index is 13.9. The summed E-state index contributed by atoms with van der Waals surface area (Å²) in [5.41, 5.74) is 6.85. The van der Waals surface area contributed by atoms with Crippen LogP contribution in [0.25, 0.3) is 0 Å². The number of anilines is 1. The number of piperidine rings is 1. The fraction of sp³-hybridized carbons (Fsp3) is 0.333. The van der Waals surface area contributed by atoms with E-state index in [0.29, 0.717) is 18.8 Å². The van der Waals surface area contributed by atoms with Gasteiger partial charge in [0.2, 0.25) is 0 Å². The number of nitrogens with zero attached hydrogens (tertiary/aromatic N) is 2. The van der Waals surface area contributed by atoms with E-state index in [2.05, 4.69) is 4.98 Å². The summed E-state index contributed by atoms with van der Waals surface area (Å²) in [6.45, 7) is 3.32. The third-order valence-corrected chi connectivity index (χ3v) is 4.28. The van der Waals surface area contributed by atoms with Gasteiger partial charge >= 0.3 is 0 Å². The number of hydrogen-bond acceptors (Lipinski definition) is 4. The number of carbonyl (C=O) groups is 1. The Labute approximate surface area is 140 Å². The lowest BCUT2D eigenvalue weighted by Crippen LogP contribution is -2.39. The highest BCUT2D eigenvalue weighted by molar-refractivity contribution is 5.99.